The van der Waals surface area contributed by atoms with E-state index in [4.69, 9.17) is 17.3 Å². The summed E-state index contributed by atoms with van der Waals surface area (Å²) in [4.78, 5) is 2.13. The standard InChI is InChI=1S/C14H14ClIN2/c1-18(9-10-2-4-11(15)5-3-10)14-7-6-12(16)8-13(14)17/h2-8H,9,17H2,1H3. The molecule has 0 bridgehead atoms. The molecule has 0 amide bonds. The van der Waals surface area contributed by atoms with Gasteiger partial charge in [-0.2, -0.15) is 0 Å². The van der Waals surface area contributed by atoms with E-state index in [1.165, 1.54) is 5.56 Å². The molecule has 4 heteroatoms. The predicted molar refractivity (Wildman–Crippen MR) is 87.1 cm³/mol. The van der Waals surface area contributed by atoms with Crippen molar-refractivity contribution in [1.82, 2.24) is 0 Å². The Morgan fingerprint density at radius 1 is 1.17 bits per heavy atom. The quantitative estimate of drug-likeness (QED) is 0.647. The molecule has 0 aromatic heterocycles. The molecule has 2 N–H and O–H groups in total. The van der Waals surface area contributed by atoms with E-state index in [0.717, 1.165) is 26.5 Å². The van der Waals surface area contributed by atoms with Gasteiger partial charge in [0.2, 0.25) is 0 Å². The molecular weight excluding hydrogens is 359 g/mol. The molecule has 2 nitrogen and oxygen atoms in total. The van der Waals surface area contributed by atoms with Gasteiger partial charge in [-0.15, -0.1) is 0 Å². The van der Waals surface area contributed by atoms with E-state index >= 15 is 0 Å². The number of nitrogen functional groups attached to an aromatic ring is 1. The number of hydrogen-bond acceptors (Lipinski definition) is 2. The number of nitrogens with zero attached hydrogens (tertiary/aromatic N) is 1. The molecule has 2 aromatic rings. The smallest absolute Gasteiger partial charge is 0.0601 e. The first kappa shape index (κ1) is 13.5. The third-order valence-electron chi connectivity index (χ3n) is 2.73. The summed E-state index contributed by atoms with van der Waals surface area (Å²) in [7, 11) is 2.03. The normalized spacial score (nSPS) is 10.4. The minimum atomic E-state index is 0.759. The van der Waals surface area contributed by atoms with E-state index in [2.05, 4.69) is 33.6 Å². The Bertz CT molecular complexity index is 540. The van der Waals surface area contributed by atoms with E-state index in [9.17, 15) is 0 Å². The first-order valence-corrected chi connectivity index (χ1v) is 7.02. The molecule has 2 aromatic carbocycles. The molecule has 0 heterocycles. The molecule has 0 saturated carbocycles. The lowest BCUT2D eigenvalue weighted by molar-refractivity contribution is 0.924. The highest BCUT2D eigenvalue weighted by Gasteiger charge is 2.06. The largest absolute Gasteiger partial charge is 0.397 e. The van der Waals surface area contributed by atoms with Gasteiger partial charge >= 0.3 is 0 Å². The summed E-state index contributed by atoms with van der Waals surface area (Å²) in [6.07, 6.45) is 0. The first-order chi connectivity index (χ1) is 8.56. The summed E-state index contributed by atoms with van der Waals surface area (Å²) in [6, 6.07) is 14.0. The molecule has 0 unspecified atom stereocenters. The summed E-state index contributed by atoms with van der Waals surface area (Å²) in [5.41, 5.74) is 9.09. The first-order valence-electron chi connectivity index (χ1n) is 5.57. The Hall–Kier alpha value is -0.940. The molecule has 2 rings (SSSR count). The van der Waals surface area contributed by atoms with Crippen molar-refractivity contribution in [3.05, 3.63) is 56.6 Å². The van der Waals surface area contributed by atoms with Gasteiger partial charge in [0.15, 0.2) is 0 Å². The van der Waals surface area contributed by atoms with Crippen LogP contribution in [0, 0.1) is 3.57 Å². The van der Waals surface area contributed by atoms with E-state index < -0.39 is 0 Å². The molecule has 0 aliphatic rings. The van der Waals surface area contributed by atoms with Crippen molar-refractivity contribution in [2.45, 2.75) is 6.54 Å². The molecule has 94 valence electrons. The van der Waals surface area contributed by atoms with E-state index in [1.807, 2.05) is 43.4 Å². The minimum absolute atomic E-state index is 0.759. The summed E-state index contributed by atoms with van der Waals surface area (Å²) in [6.45, 7) is 0.808. The van der Waals surface area contributed by atoms with Crippen molar-refractivity contribution >= 4 is 45.6 Å². The maximum atomic E-state index is 6.03. The molecule has 0 radical (unpaired) electrons. The van der Waals surface area contributed by atoms with Gasteiger partial charge in [0.1, 0.15) is 0 Å². The fourth-order valence-electron chi connectivity index (χ4n) is 1.82. The van der Waals surface area contributed by atoms with Crippen LogP contribution in [0.2, 0.25) is 5.02 Å². The summed E-state index contributed by atoms with van der Waals surface area (Å²) >= 11 is 8.13. The van der Waals surface area contributed by atoms with E-state index in [1.54, 1.807) is 0 Å². The van der Waals surface area contributed by atoms with Gasteiger partial charge in [-0.3, -0.25) is 0 Å². The highest BCUT2D eigenvalue weighted by molar-refractivity contribution is 14.1. The number of hydrogen-bond donors (Lipinski definition) is 1. The monoisotopic (exact) mass is 372 g/mol. The van der Waals surface area contributed by atoms with Crippen molar-refractivity contribution in [2.75, 3.05) is 17.7 Å². The Morgan fingerprint density at radius 2 is 1.83 bits per heavy atom. The highest BCUT2D eigenvalue weighted by atomic mass is 127. The summed E-state index contributed by atoms with van der Waals surface area (Å²) < 4.78 is 1.15. The van der Waals surface area contributed by atoms with Crippen LogP contribution in [0.1, 0.15) is 5.56 Å². The van der Waals surface area contributed by atoms with Crippen LogP contribution in [0.15, 0.2) is 42.5 Å². The van der Waals surface area contributed by atoms with Crippen LogP contribution in [0.25, 0.3) is 0 Å². The molecule has 18 heavy (non-hydrogen) atoms. The number of benzene rings is 2. The summed E-state index contributed by atoms with van der Waals surface area (Å²) in [5, 5.41) is 0.759. The van der Waals surface area contributed by atoms with Crippen molar-refractivity contribution < 1.29 is 0 Å². The Kier molecular flexibility index (Phi) is 4.35. The van der Waals surface area contributed by atoms with Crippen LogP contribution >= 0.6 is 34.2 Å². The number of rotatable bonds is 3. The van der Waals surface area contributed by atoms with Crippen molar-refractivity contribution in [3.8, 4) is 0 Å². The van der Waals surface area contributed by atoms with Crippen molar-refractivity contribution in [2.24, 2.45) is 0 Å². The van der Waals surface area contributed by atoms with Gasteiger partial charge in [-0.25, -0.2) is 0 Å². The van der Waals surface area contributed by atoms with Crippen molar-refractivity contribution in [1.29, 1.82) is 0 Å². The zero-order valence-corrected chi connectivity index (χ0v) is 12.9. The van der Waals surface area contributed by atoms with E-state index in [-0.39, 0.29) is 0 Å². The average Bonchev–Trinajstić information content (AvgIpc) is 2.32. The topological polar surface area (TPSA) is 29.3 Å². The molecule has 0 fully saturated rings. The fraction of sp³-hybridized carbons (Fsp3) is 0.143. The lowest BCUT2D eigenvalue weighted by atomic mass is 10.2. The predicted octanol–water partition coefficient (Wildman–Crippen LogP) is 4.16. The van der Waals surface area contributed by atoms with Crippen LogP contribution in [0.4, 0.5) is 11.4 Å². The summed E-state index contributed by atoms with van der Waals surface area (Å²) in [5.74, 6) is 0. The van der Waals surface area contributed by atoms with Gasteiger partial charge in [0.05, 0.1) is 11.4 Å². The second-order valence-corrected chi connectivity index (χ2v) is 5.87. The third-order valence-corrected chi connectivity index (χ3v) is 3.66. The Morgan fingerprint density at radius 3 is 2.44 bits per heavy atom. The lowest BCUT2D eigenvalue weighted by Gasteiger charge is -2.21. The highest BCUT2D eigenvalue weighted by Crippen LogP contribution is 2.25. The Labute approximate surface area is 126 Å². The van der Waals surface area contributed by atoms with E-state index in [0.29, 0.717) is 0 Å². The van der Waals surface area contributed by atoms with Gasteiger partial charge in [0.25, 0.3) is 0 Å². The Balaban J connectivity index is 2.16. The zero-order valence-electron chi connectivity index (χ0n) is 10.0. The third kappa shape index (κ3) is 3.29. The van der Waals surface area contributed by atoms with Gasteiger partial charge in [-0.05, 0) is 58.5 Å². The molecular formula is C14H14ClIN2. The maximum Gasteiger partial charge on any atom is 0.0601 e. The number of anilines is 2. The van der Waals surface area contributed by atoms with Crippen LogP contribution in [0.5, 0.6) is 0 Å². The maximum absolute atomic E-state index is 6.03. The fourth-order valence-corrected chi connectivity index (χ4v) is 2.46. The zero-order chi connectivity index (χ0) is 13.1. The van der Waals surface area contributed by atoms with Crippen LogP contribution in [0.3, 0.4) is 0 Å². The van der Waals surface area contributed by atoms with Gasteiger partial charge in [0, 0.05) is 22.2 Å². The number of nitrogens with two attached hydrogens (primary N) is 1. The molecule has 0 saturated heterocycles. The van der Waals surface area contributed by atoms with Crippen LogP contribution < -0.4 is 10.6 Å². The van der Waals surface area contributed by atoms with Gasteiger partial charge < -0.3 is 10.6 Å². The average molecular weight is 373 g/mol. The second kappa shape index (κ2) is 5.80. The van der Waals surface area contributed by atoms with Gasteiger partial charge in [-0.1, -0.05) is 23.7 Å². The molecule has 0 spiro atoms. The number of halogens is 2. The van der Waals surface area contributed by atoms with Crippen LogP contribution in [-0.2, 0) is 6.54 Å². The van der Waals surface area contributed by atoms with Crippen molar-refractivity contribution in [3.63, 3.8) is 0 Å². The van der Waals surface area contributed by atoms with Crippen LogP contribution in [-0.4, -0.2) is 7.05 Å². The SMILES string of the molecule is CN(Cc1ccc(Cl)cc1)c1ccc(I)cc1N. The minimum Gasteiger partial charge on any atom is -0.397 e. The lowest BCUT2D eigenvalue weighted by Crippen LogP contribution is -2.17. The molecule has 0 aliphatic carbocycles. The second-order valence-electron chi connectivity index (χ2n) is 4.19. The molecule has 0 aliphatic heterocycles. The molecule has 0 atom stereocenters.